The molecule has 0 amide bonds. The zero-order chi connectivity index (χ0) is 14.8. The first kappa shape index (κ1) is 14.5. The molecule has 3 atom stereocenters. The van der Waals surface area contributed by atoms with Crippen LogP contribution in [0.3, 0.4) is 0 Å². The SMILES string of the molecule is CN1C2CCC1CC(OC(=O)C(CO)c1ccncc1)C2. The van der Waals surface area contributed by atoms with Gasteiger partial charge in [-0.25, -0.2) is 0 Å². The van der Waals surface area contributed by atoms with E-state index in [4.69, 9.17) is 4.74 Å². The maximum atomic E-state index is 12.3. The van der Waals surface area contributed by atoms with Gasteiger partial charge in [0.25, 0.3) is 0 Å². The normalized spacial score (nSPS) is 30.1. The Balaban J connectivity index is 1.63. The molecular formula is C16H22N2O3. The number of esters is 1. The molecule has 0 spiro atoms. The summed E-state index contributed by atoms with van der Waals surface area (Å²) in [5.41, 5.74) is 0.758. The summed E-state index contributed by atoms with van der Waals surface area (Å²) in [6.07, 6.45) is 7.45. The topological polar surface area (TPSA) is 62.7 Å². The second kappa shape index (κ2) is 6.12. The van der Waals surface area contributed by atoms with Crippen LogP contribution < -0.4 is 0 Å². The monoisotopic (exact) mass is 290 g/mol. The second-order valence-electron chi connectivity index (χ2n) is 6.10. The average molecular weight is 290 g/mol. The number of aliphatic hydroxyl groups is 1. The molecule has 2 aliphatic rings. The number of ether oxygens (including phenoxy) is 1. The minimum atomic E-state index is -0.606. The van der Waals surface area contributed by atoms with Gasteiger partial charge in [-0.1, -0.05) is 0 Å². The van der Waals surface area contributed by atoms with E-state index >= 15 is 0 Å². The number of fused-ring (bicyclic) bond motifs is 2. The van der Waals surface area contributed by atoms with Crippen LogP contribution in [0.25, 0.3) is 0 Å². The van der Waals surface area contributed by atoms with E-state index in [1.807, 2.05) is 0 Å². The number of piperidine rings is 1. The molecule has 0 aliphatic carbocycles. The van der Waals surface area contributed by atoms with Crippen molar-refractivity contribution in [1.82, 2.24) is 9.88 Å². The lowest BCUT2D eigenvalue weighted by Gasteiger charge is -2.36. The molecule has 5 nitrogen and oxygen atoms in total. The van der Waals surface area contributed by atoms with Crippen molar-refractivity contribution in [3.63, 3.8) is 0 Å². The molecule has 2 saturated heterocycles. The van der Waals surface area contributed by atoms with E-state index in [0.29, 0.717) is 12.1 Å². The summed E-state index contributed by atoms with van der Waals surface area (Å²) in [6, 6.07) is 4.58. The quantitative estimate of drug-likeness (QED) is 0.848. The first-order valence-corrected chi connectivity index (χ1v) is 7.62. The third-order valence-corrected chi connectivity index (χ3v) is 4.91. The lowest BCUT2D eigenvalue weighted by atomic mass is 9.99. The Morgan fingerprint density at radius 2 is 2.00 bits per heavy atom. The Morgan fingerprint density at radius 1 is 1.38 bits per heavy atom. The minimum absolute atomic E-state index is 0.0120. The molecule has 21 heavy (non-hydrogen) atoms. The third kappa shape index (κ3) is 2.94. The van der Waals surface area contributed by atoms with Gasteiger partial charge in [0.15, 0.2) is 0 Å². The zero-order valence-corrected chi connectivity index (χ0v) is 12.3. The van der Waals surface area contributed by atoms with Crippen molar-refractivity contribution in [2.24, 2.45) is 0 Å². The smallest absolute Gasteiger partial charge is 0.316 e. The van der Waals surface area contributed by atoms with Crippen molar-refractivity contribution in [2.45, 2.75) is 49.8 Å². The van der Waals surface area contributed by atoms with Crippen molar-refractivity contribution in [3.8, 4) is 0 Å². The molecule has 2 bridgehead atoms. The fourth-order valence-electron chi connectivity index (χ4n) is 3.62. The van der Waals surface area contributed by atoms with Crippen molar-refractivity contribution < 1.29 is 14.6 Å². The van der Waals surface area contributed by atoms with Crippen LogP contribution in [-0.2, 0) is 9.53 Å². The van der Waals surface area contributed by atoms with Gasteiger partial charge in [0, 0.05) is 24.5 Å². The molecule has 2 aliphatic heterocycles. The van der Waals surface area contributed by atoms with Crippen LogP contribution in [0.2, 0.25) is 0 Å². The molecular weight excluding hydrogens is 268 g/mol. The molecule has 1 aromatic rings. The number of hydrogen-bond acceptors (Lipinski definition) is 5. The van der Waals surface area contributed by atoms with Gasteiger partial charge in [-0.05, 0) is 50.4 Å². The summed E-state index contributed by atoms with van der Waals surface area (Å²) in [5, 5.41) is 9.51. The number of pyridine rings is 1. The summed E-state index contributed by atoms with van der Waals surface area (Å²) in [4.78, 5) is 18.7. The molecule has 0 aromatic carbocycles. The molecule has 114 valence electrons. The number of aliphatic hydroxyl groups excluding tert-OH is 1. The van der Waals surface area contributed by atoms with Gasteiger partial charge in [0.05, 0.1) is 6.61 Å². The van der Waals surface area contributed by atoms with Crippen LogP contribution in [0, 0.1) is 0 Å². The number of nitrogens with zero attached hydrogens (tertiary/aromatic N) is 2. The van der Waals surface area contributed by atoms with Gasteiger partial charge in [0.1, 0.15) is 12.0 Å². The van der Waals surface area contributed by atoms with Crippen molar-refractivity contribution in [3.05, 3.63) is 30.1 Å². The summed E-state index contributed by atoms with van der Waals surface area (Å²) in [6.45, 7) is -0.234. The largest absolute Gasteiger partial charge is 0.462 e. The van der Waals surface area contributed by atoms with Gasteiger partial charge in [-0.15, -0.1) is 0 Å². The van der Waals surface area contributed by atoms with E-state index in [2.05, 4.69) is 16.9 Å². The standard InChI is InChI=1S/C16H22N2O3/c1-18-12-2-3-13(18)9-14(8-12)21-16(20)15(10-19)11-4-6-17-7-5-11/h4-7,12-15,19H,2-3,8-10H2,1H3. The van der Waals surface area contributed by atoms with Gasteiger partial charge in [-0.3, -0.25) is 9.78 Å². The summed E-state index contributed by atoms with van der Waals surface area (Å²) in [5.74, 6) is -0.928. The van der Waals surface area contributed by atoms with Crippen molar-refractivity contribution in [1.29, 1.82) is 0 Å². The van der Waals surface area contributed by atoms with Crippen LogP contribution in [0.4, 0.5) is 0 Å². The molecule has 0 saturated carbocycles. The van der Waals surface area contributed by atoms with Gasteiger partial charge >= 0.3 is 5.97 Å². The first-order valence-electron chi connectivity index (χ1n) is 7.62. The minimum Gasteiger partial charge on any atom is -0.462 e. The molecule has 2 fully saturated rings. The molecule has 1 aromatic heterocycles. The first-order chi connectivity index (χ1) is 10.2. The van der Waals surface area contributed by atoms with Crippen molar-refractivity contribution >= 4 is 5.97 Å². The molecule has 3 unspecified atom stereocenters. The van der Waals surface area contributed by atoms with Crippen molar-refractivity contribution in [2.75, 3.05) is 13.7 Å². The Kier molecular flexibility index (Phi) is 4.22. The van der Waals surface area contributed by atoms with E-state index in [1.54, 1.807) is 24.5 Å². The summed E-state index contributed by atoms with van der Waals surface area (Å²) < 4.78 is 5.68. The van der Waals surface area contributed by atoms with Crippen LogP contribution >= 0.6 is 0 Å². The Bertz CT molecular complexity index is 480. The number of aromatic nitrogens is 1. The van der Waals surface area contributed by atoms with Crippen LogP contribution in [0.5, 0.6) is 0 Å². The molecule has 0 radical (unpaired) electrons. The molecule has 3 rings (SSSR count). The predicted octanol–water partition coefficient (Wildman–Crippen LogP) is 1.33. The van der Waals surface area contributed by atoms with Crippen LogP contribution in [0.1, 0.15) is 37.2 Å². The number of carbonyl (C=O) groups excluding carboxylic acids is 1. The van der Waals surface area contributed by atoms with Crippen LogP contribution in [-0.4, -0.2) is 52.8 Å². The van der Waals surface area contributed by atoms with Gasteiger partial charge in [0.2, 0.25) is 0 Å². The zero-order valence-electron chi connectivity index (χ0n) is 12.3. The molecule has 1 N–H and O–H groups in total. The Labute approximate surface area is 124 Å². The van der Waals surface area contributed by atoms with E-state index in [1.165, 1.54) is 12.8 Å². The summed E-state index contributed by atoms with van der Waals surface area (Å²) in [7, 11) is 2.16. The molecule has 3 heterocycles. The lowest BCUT2D eigenvalue weighted by Crippen LogP contribution is -2.43. The maximum absolute atomic E-state index is 12.3. The summed E-state index contributed by atoms with van der Waals surface area (Å²) >= 11 is 0. The molecule has 5 heteroatoms. The predicted molar refractivity (Wildman–Crippen MR) is 77.8 cm³/mol. The van der Waals surface area contributed by atoms with E-state index in [9.17, 15) is 9.90 Å². The highest BCUT2D eigenvalue weighted by Crippen LogP contribution is 2.36. The lowest BCUT2D eigenvalue weighted by molar-refractivity contribution is -0.155. The highest BCUT2D eigenvalue weighted by atomic mass is 16.5. The highest BCUT2D eigenvalue weighted by molar-refractivity contribution is 5.78. The number of hydrogen-bond donors (Lipinski definition) is 1. The highest BCUT2D eigenvalue weighted by Gasteiger charge is 2.40. The third-order valence-electron chi connectivity index (χ3n) is 4.91. The maximum Gasteiger partial charge on any atom is 0.316 e. The average Bonchev–Trinajstić information content (AvgIpc) is 2.72. The Morgan fingerprint density at radius 3 is 2.57 bits per heavy atom. The fourth-order valence-corrected chi connectivity index (χ4v) is 3.62. The number of rotatable bonds is 4. The Hall–Kier alpha value is -1.46. The van der Waals surface area contributed by atoms with E-state index in [0.717, 1.165) is 18.4 Å². The van der Waals surface area contributed by atoms with Gasteiger partial charge in [-0.2, -0.15) is 0 Å². The van der Waals surface area contributed by atoms with E-state index in [-0.39, 0.29) is 18.7 Å². The second-order valence-corrected chi connectivity index (χ2v) is 6.10. The van der Waals surface area contributed by atoms with E-state index < -0.39 is 5.92 Å². The van der Waals surface area contributed by atoms with Crippen LogP contribution in [0.15, 0.2) is 24.5 Å². The fraction of sp³-hybridized carbons (Fsp3) is 0.625. The van der Waals surface area contributed by atoms with Gasteiger partial charge < -0.3 is 14.7 Å². The number of carbonyl (C=O) groups is 1.